The van der Waals surface area contributed by atoms with Gasteiger partial charge in [-0.1, -0.05) is 78.9 Å². The second-order valence-corrected chi connectivity index (χ2v) is 6.09. The fraction of sp³-hybridized carbons (Fsp3) is 0.0833. The molecule has 0 heterocycles. The Hall–Kier alpha value is -3.46. The van der Waals surface area contributed by atoms with Crippen molar-refractivity contribution in [1.29, 1.82) is 0 Å². The first-order chi connectivity index (χ1) is 13.2. The summed E-state index contributed by atoms with van der Waals surface area (Å²) >= 11 is 0. The standard InChI is InChI=1S/C24H21NO2/c1-2-12-22(19-13-6-3-7-14-19)25(23(26)20-15-8-4-9-16-20)24(27)21-17-10-5-11-18-21/h2-18,22H,1H3/b12-2+. The molecule has 0 spiro atoms. The molecule has 27 heavy (non-hydrogen) atoms. The number of allylic oxidation sites excluding steroid dienone is 1. The van der Waals surface area contributed by atoms with Gasteiger partial charge in [-0.05, 0) is 36.8 Å². The van der Waals surface area contributed by atoms with Gasteiger partial charge in [0.25, 0.3) is 11.8 Å². The summed E-state index contributed by atoms with van der Waals surface area (Å²) in [6.45, 7) is 1.88. The van der Waals surface area contributed by atoms with Crippen molar-refractivity contribution in [3.63, 3.8) is 0 Å². The topological polar surface area (TPSA) is 37.4 Å². The Labute approximate surface area is 159 Å². The largest absolute Gasteiger partial charge is 0.269 e. The minimum Gasteiger partial charge on any atom is -0.269 e. The van der Waals surface area contributed by atoms with Crippen molar-refractivity contribution >= 4 is 11.8 Å². The van der Waals surface area contributed by atoms with Gasteiger partial charge in [0.2, 0.25) is 0 Å². The number of hydrogen-bond acceptors (Lipinski definition) is 2. The van der Waals surface area contributed by atoms with Crippen molar-refractivity contribution in [1.82, 2.24) is 4.90 Å². The SMILES string of the molecule is C/C=C/C(c1ccccc1)N(C(=O)c1ccccc1)C(=O)c1ccccc1. The average Bonchev–Trinajstić information content (AvgIpc) is 2.75. The van der Waals surface area contributed by atoms with Crippen LogP contribution in [-0.2, 0) is 0 Å². The summed E-state index contributed by atoms with van der Waals surface area (Å²) in [6, 6.07) is 26.9. The number of rotatable bonds is 5. The summed E-state index contributed by atoms with van der Waals surface area (Å²) in [5.74, 6) is -0.646. The van der Waals surface area contributed by atoms with Gasteiger partial charge in [-0.3, -0.25) is 14.5 Å². The Morgan fingerprint density at radius 1 is 0.704 bits per heavy atom. The molecule has 0 N–H and O–H groups in total. The van der Waals surface area contributed by atoms with Gasteiger partial charge in [0, 0.05) is 11.1 Å². The summed E-state index contributed by atoms with van der Waals surface area (Å²) in [4.78, 5) is 28.0. The molecule has 0 radical (unpaired) electrons. The molecule has 0 bridgehead atoms. The van der Waals surface area contributed by atoms with Crippen LogP contribution in [0.15, 0.2) is 103 Å². The van der Waals surface area contributed by atoms with Crippen LogP contribution >= 0.6 is 0 Å². The van der Waals surface area contributed by atoms with Crippen LogP contribution in [-0.4, -0.2) is 16.7 Å². The second-order valence-electron chi connectivity index (χ2n) is 6.09. The van der Waals surface area contributed by atoms with Crippen molar-refractivity contribution < 1.29 is 9.59 Å². The summed E-state index contributed by atoms with van der Waals surface area (Å²) in [6.07, 6.45) is 3.73. The molecule has 3 heteroatoms. The van der Waals surface area contributed by atoms with E-state index in [0.29, 0.717) is 11.1 Å². The molecule has 0 saturated carbocycles. The Morgan fingerprint density at radius 3 is 1.52 bits per heavy atom. The number of amides is 2. The molecule has 2 amide bonds. The van der Waals surface area contributed by atoms with Gasteiger partial charge in [0.05, 0.1) is 6.04 Å². The number of carbonyl (C=O) groups is 2. The molecule has 3 nitrogen and oxygen atoms in total. The molecule has 0 aliphatic heterocycles. The van der Waals surface area contributed by atoms with E-state index in [1.54, 1.807) is 48.5 Å². The normalized spacial score (nSPS) is 11.9. The molecule has 1 atom stereocenters. The Kier molecular flexibility index (Phi) is 5.95. The van der Waals surface area contributed by atoms with E-state index in [1.165, 1.54) is 4.90 Å². The number of benzene rings is 3. The van der Waals surface area contributed by atoms with Gasteiger partial charge in [0.15, 0.2) is 0 Å². The average molecular weight is 355 g/mol. The zero-order valence-electron chi connectivity index (χ0n) is 15.2. The predicted octanol–water partition coefficient (Wildman–Crippen LogP) is 5.29. The van der Waals surface area contributed by atoms with Gasteiger partial charge in [0.1, 0.15) is 0 Å². The summed E-state index contributed by atoms with van der Waals surface area (Å²) < 4.78 is 0. The third kappa shape index (κ3) is 4.21. The Morgan fingerprint density at radius 2 is 1.11 bits per heavy atom. The third-order valence-corrected chi connectivity index (χ3v) is 4.27. The number of carbonyl (C=O) groups excluding carboxylic acids is 2. The summed E-state index contributed by atoms with van der Waals surface area (Å²) in [5.41, 5.74) is 1.84. The Bertz CT molecular complexity index is 867. The van der Waals surface area contributed by atoms with Crippen LogP contribution in [0.5, 0.6) is 0 Å². The van der Waals surface area contributed by atoms with Crippen LogP contribution in [0.2, 0.25) is 0 Å². The summed E-state index contributed by atoms with van der Waals surface area (Å²) in [5, 5.41) is 0. The van der Waals surface area contributed by atoms with E-state index in [4.69, 9.17) is 0 Å². The van der Waals surface area contributed by atoms with E-state index in [1.807, 2.05) is 61.5 Å². The van der Waals surface area contributed by atoms with Crippen LogP contribution in [0.3, 0.4) is 0 Å². The first kappa shape index (κ1) is 18.3. The zero-order valence-corrected chi connectivity index (χ0v) is 15.2. The van der Waals surface area contributed by atoms with E-state index in [-0.39, 0.29) is 11.8 Å². The van der Waals surface area contributed by atoms with Gasteiger partial charge in [-0.2, -0.15) is 0 Å². The third-order valence-electron chi connectivity index (χ3n) is 4.27. The molecule has 0 aliphatic rings. The van der Waals surface area contributed by atoms with Gasteiger partial charge in [-0.25, -0.2) is 0 Å². The minimum absolute atomic E-state index is 0.323. The van der Waals surface area contributed by atoms with Gasteiger partial charge < -0.3 is 0 Å². The first-order valence-corrected chi connectivity index (χ1v) is 8.88. The lowest BCUT2D eigenvalue weighted by Gasteiger charge is -2.29. The number of nitrogens with zero attached hydrogens (tertiary/aromatic N) is 1. The summed E-state index contributed by atoms with van der Waals surface area (Å²) in [7, 11) is 0. The highest BCUT2D eigenvalue weighted by Gasteiger charge is 2.30. The molecule has 0 aliphatic carbocycles. The fourth-order valence-electron chi connectivity index (χ4n) is 2.96. The van der Waals surface area contributed by atoms with E-state index in [0.717, 1.165) is 5.56 Å². The lowest BCUT2D eigenvalue weighted by molar-refractivity contribution is 0.0574. The second kappa shape index (κ2) is 8.77. The van der Waals surface area contributed by atoms with Crippen molar-refractivity contribution in [2.24, 2.45) is 0 Å². The highest BCUT2D eigenvalue weighted by molar-refractivity contribution is 6.10. The van der Waals surface area contributed by atoms with Crippen LogP contribution in [0.1, 0.15) is 39.2 Å². The fourth-order valence-corrected chi connectivity index (χ4v) is 2.96. The highest BCUT2D eigenvalue weighted by atomic mass is 16.2. The molecule has 3 aromatic rings. The zero-order chi connectivity index (χ0) is 19.1. The van der Waals surface area contributed by atoms with Crippen molar-refractivity contribution in [2.75, 3.05) is 0 Å². The molecule has 1 unspecified atom stereocenters. The lowest BCUT2D eigenvalue weighted by Crippen LogP contribution is -2.39. The van der Waals surface area contributed by atoms with Crippen LogP contribution in [0.4, 0.5) is 0 Å². The van der Waals surface area contributed by atoms with Crippen molar-refractivity contribution in [2.45, 2.75) is 13.0 Å². The lowest BCUT2D eigenvalue weighted by atomic mass is 10.0. The Balaban J connectivity index is 2.11. The van der Waals surface area contributed by atoms with Crippen LogP contribution < -0.4 is 0 Å². The van der Waals surface area contributed by atoms with E-state index in [2.05, 4.69) is 0 Å². The molecular weight excluding hydrogens is 334 g/mol. The van der Waals surface area contributed by atoms with Gasteiger partial charge >= 0.3 is 0 Å². The van der Waals surface area contributed by atoms with E-state index in [9.17, 15) is 9.59 Å². The minimum atomic E-state index is -0.489. The number of hydrogen-bond donors (Lipinski definition) is 0. The van der Waals surface area contributed by atoms with Crippen molar-refractivity contribution in [3.8, 4) is 0 Å². The number of imide groups is 1. The maximum Gasteiger partial charge on any atom is 0.261 e. The molecule has 3 aromatic carbocycles. The quantitative estimate of drug-likeness (QED) is 0.461. The maximum atomic E-state index is 13.3. The van der Waals surface area contributed by atoms with Gasteiger partial charge in [-0.15, -0.1) is 0 Å². The first-order valence-electron chi connectivity index (χ1n) is 8.88. The molecule has 134 valence electrons. The molecule has 0 fully saturated rings. The molecule has 3 rings (SSSR count). The van der Waals surface area contributed by atoms with E-state index < -0.39 is 6.04 Å². The van der Waals surface area contributed by atoms with E-state index >= 15 is 0 Å². The molecule has 0 aromatic heterocycles. The van der Waals surface area contributed by atoms with Crippen LogP contribution in [0, 0.1) is 0 Å². The maximum absolute atomic E-state index is 13.3. The molecule has 0 saturated heterocycles. The predicted molar refractivity (Wildman–Crippen MR) is 107 cm³/mol. The monoisotopic (exact) mass is 355 g/mol. The highest BCUT2D eigenvalue weighted by Crippen LogP contribution is 2.26. The van der Waals surface area contributed by atoms with Crippen molar-refractivity contribution in [3.05, 3.63) is 120 Å². The molecular formula is C24H21NO2. The smallest absolute Gasteiger partial charge is 0.261 e. The van der Waals surface area contributed by atoms with Crippen LogP contribution in [0.25, 0.3) is 0 Å².